The summed E-state index contributed by atoms with van der Waals surface area (Å²) in [7, 11) is 1.71. The van der Waals surface area contributed by atoms with E-state index in [4.69, 9.17) is 0 Å². The Kier molecular flexibility index (Phi) is 7.54. The first-order chi connectivity index (χ1) is 8.24. The summed E-state index contributed by atoms with van der Waals surface area (Å²) in [5, 5.41) is 14.4. The molecule has 0 rings (SSSR count). The molecular weight excluding hydrogens is 234 g/mol. The van der Waals surface area contributed by atoms with Crippen molar-refractivity contribution in [3.05, 3.63) is 0 Å². The van der Waals surface area contributed by atoms with Gasteiger partial charge < -0.3 is 10.4 Å². The Morgan fingerprint density at radius 1 is 1.33 bits per heavy atom. The molecular formula is C12H25N3O3. The van der Waals surface area contributed by atoms with Crippen molar-refractivity contribution >= 4 is 11.9 Å². The molecule has 18 heavy (non-hydrogen) atoms. The molecule has 0 spiro atoms. The molecule has 3 N–H and O–H groups in total. The van der Waals surface area contributed by atoms with Gasteiger partial charge in [0.25, 0.3) is 0 Å². The van der Waals surface area contributed by atoms with Gasteiger partial charge in [-0.1, -0.05) is 13.3 Å². The summed E-state index contributed by atoms with van der Waals surface area (Å²) >= 11 is 0. The molecule has 0 heterocycles. The Morgan fingerprint density at radius 3 is 2.44 bits per heavy atom. The molecule has 0 fully saturated rings. The first kappa shape index (κ1) is 16.9. The molecule has 0 saturated heterocycles. The quantitative estimate of drug-likeness (QED) is 0.575. The zero-order chi connectivity index (χ0) is 14.2. The van der Waals surface area contributed by atoms with Crippen molar-refractivity contribution in [2.24, 2.45) is 0 Å². The van der Waals surface area contributed by atoms with Crippen LogP contribution >= 0.6 is 0 Å². The van der Waals surface area contributed by atoms with Gasteiger partial charge in [0.1, 0.15) is 0 Å². The van der Waals surface area contributed by atoms with Crippen LogP contribution < -0.4 is 10.6 Å². The van der Waals surface area contributed by atoms with Gasteiger partial charge in [0.05, 0.1) is 12.1 Å². The molecule has 0 aromatic heterocycles. The number of nitrogens with zero attached hydrogens (tertiary/aromatic N) is 1. The zero-order valence-corrected chi connectivity index (χ0v) is 11.7. The SMILES string of the molecule is CCCCNC(=O)NC(=O)CN(C)CC(C)(C)O. The summed E-state index contributed by atoms with van der Waals surface area (Å²) in [5.41, 5.74) is -0.863. The number of amides is 3. The van der Waals surface area contributed by atoms with E-state index in [1.54, 1.807) is 25.8 Å². The molecule has 106 valence electrons. The number of aliphatic hydroxyl groups is 1. The smallest absolute Gasteiger partial charge is 0.321 e. The Hall–Kier alpha value is -1.14. The number of hydrogen-bond acceptors (Lipinski definition) is 4. The normalized spacial score (nSPS) is 11.4. The van der Waals surface area contributed by atoms with Crippen LogP contribution in [0.1, 0.15) is 33.6 Å². The lowest BCUT2D eigenvalue weighted by atomic mass is 10.1. The second kappa shape index (κ2) is 8.05. The molecule has 0 atom stereocenters. The Labute approximate surface area is 109 Å². The molecule has 0 aliphatic carbocycles. The molecule has 0 unspecified atom stereocenters. The number of rotatable bonds is 7. The molecule has 0 aliphatic rings. The van der Waals surface area contributed by atoms with E-state index in [0.717, 1.165) is 12.8 Å². The molecule has 0 aliphatic heterocycles. The lowest BCUT2D eigenvalue weighted by Crippen LogP contribution is -2.46. The minimum atomic E-state index is -0.863. The molecule has 6 heteroatoms. The van der Waals surface area contributed by atoms with Crippen LogP contribution in [0.25, 0.3) is 0 Å². The Morgan fingerprint density at radius 2 is 1.94 bits per heavy atom. The highest BCUT2D eigenvalue weighted by Gasteiger charge is 2.18. The van der Waals surface area contributed by atoms with Gasteiger partial charge >= 0.3 is 6.03 Å². The van der Waals surface area contributed by atoms with E-state index in [1.165, 1.54) is 0 Å². The van der Waals surface area contributed by atoms with E-state index < -0.39 is 11.6 Å². The monoisotopic (exact) mass is 259 g/mol. The number of likely N-dealkylation sites (N-methyl/N-ethyl adjacent to an activating group) is 1. The summed E-state index contributed by atoms with van der Waals surface area (Å²) in [6.45, 7) is 6.35. The lowest BCUT2D eigenvalue weighted by Gasteiger charge is -2.24. The van der Waals surface area contributed by atoms with Crippen LogP contribution in [0.4, 0.5) is 4.79 Å². The van der Waals surface area contributed by atoms with Gasteiger partial charge in [0, 0.05) is 13.1 Å². The van der Waals surface area contributed by atoms with Crippen molar-refractivity contribution in [1.29, 1.82) is 0 Å². The number of nitrogens with one attached hydrogen (secondary N) is 2. The fourth-order valence-corrected chi connectivity index (χ4v) is 1.55. The third kappa shape index (κ3) is 10.0. The van der Waals surface area contributed by atoms with Crippen LogP contribution in [0.15, 0.2) is 0 Å². The number of imide groups is 1. The number of unbranched alkanes of at least 4 members (excludes halogenated alkanes) is 1. The maximum atomic E-state index is 11.5. The van der Waals surface area contributed by atoms with Gasteiger partial charge in [-0.3, -0.25) is 15.0 Å². The second-order valence-electron chi connectivity index (χ2n) is 5.14. The fraction of sp³-hybridized carbons (Fsp3) is 0.833. The summed E-state index contributed by atoms with van der Waals surface area (Å²) in [6, 6.07) is -0.467. The lowest BCUT2D eigenvalue weighted by molar-refractivity contribution is -0.121. The van der Waals surface area contributed by atoms with Gasteiger partial charge in [-0.2, -0.15) is 0 Å². The van der Waals surface area contributed by atoms with Crippen molar-refractivity contribution in [3.8, 4) is 0 Å². The van der Waals surface area contributed by atoms with Crippen molar-refractivity contribution in [2.45, 2.75) is 39.2 Å². The second-order valence-corrected chi connectivity index (χ2v) is 5.14. The van der Waals surface area contributed by atoms with E-state index in [1.807, 2.05) is 6.92 Å². The van der Waals surface area contributed by atoms with E-state index >= 15 is 0 Å². The van der Waals surface area contributed by atoms with E-state index in [2.05, 4.69) is 10.6 Å². The molecule has 0 saturated carbocycles. The van der Waals surface area contributed by atoms with Gasteiger partial charge in [-0.25, -0.2) is 4.79 Å². The fourth-order valence-electron chi connectivity index (χ4n) is 1.55. The molecule has 0 bridgehead atoms. The first-order valence-electron chi connectivity index (χ1n) is 6.23. The standard InChI is InChI=1S/C12H25N3O3/c1-5-6-7-13-11(17)14-10(16)8-15(4)9-12(2,3)18/h18H,5-9H2,1-4H3,(H2,13,14,16,17). The van der Waals surface area contributed by atoms with Crippen molar-refractivity contribution in [2.75, 3.05) is 26.7 Å². The van der Waals surface area contributed by atoms with Gasteiger partial charge in [-0.05, 0) is 27.3 Å². The molecule has 6 nitrogen and oxygen atoms in total. The topological polar surface area (TPSA) is 81.7 Å². The Balaban J connectivity index is 3.86. The summed E-state index contributed by atoms with van der Waals surface area (Å²) in [6.07, 6.45) is 1.88. The highest BCUT2D eigenvalue weighted by molar-refractivity contribution is 5.95. The van der Waals surface area contributed by atoms with E-state index in [0.29, 0.717) is 13.1 Å². The van der Waals surface area contributed by atoms with Crippen molar-refractivity contribution < 1.29 is 14.7 Å². The number of urea groups is 1. The third-order valence-electron chi connectivity index (χ3n) is 2.14. The summed E-state index contributed by atoms with van der Waals surface area (Å²) in [5.74, 6) is -0.379. The number of carbonyl (C=O) groups excluding carboxylic acids is 2. The average Bonchev–Trinajstić information content (AvgIpc) is 2.13. The highest BCUT2D eigenvalue weighted by Crippen LogP contribution is 2.02. The zero-order valence-electron chi connectivity index (χ0n) is 11.7. The van der Waals surface area contributed by atoms with E-state index in [-0.39, 0.29) is 12.5 Å². The third-order valence-corrected chi connectivity index (χ3v) is 2.14. The summed E-state index contributed by atoms with van der Waals surface area (Å²) < 4.78 is 0. The first-order valence-corrected chi connectivity index (χ1v) is 6.23. The predicted octanol–water partition coefficient (Wildman–Crippen LogP) is 0.315. The van der Waals surface area contributed by atoms with Crippen LogP contribution in [0.3, 0.4) is 0 Å². The predicted molar refractivity (Wildman–Crippen MR) is 70.2 cm³/mol. The van der Waals surface area contributed by atoms with Crippen LogP contribution in [0, 0.1) is 0 Å². The Bertz CT molecular complexity index is 274. The minimum Gasteiger partial charge on any atom is -0.389 e. The van der Waals surface area contributed by atoms with Gasteiger partial charge in [-0.15, -0.1) is 0 Å². The maximum Gasteiger partial charge on any atom is 0.321 e. The summed E-state index contributed by atoms with van der Waals surface area (Å²) in [4.78, 5) is 24.4. The number of carbonyl (C=O) groups is 2. The molecule has 3 amide bonds. The van der Waals surface area contributed by atoms with Crippen LogP contribution in [0.2, 0.25) is 0 Å². The molecule has 0 aromatic carbocycles. The van der Waals surface area contributed by atoms with Crippen molar-refractivity contribution in [3.63, 3.8) is 0 Å². The van der Waals surface area contributed by atoms with Gasteiger partial charge in [0.15, 0.2) is 0 Å². The largest absolute Gasteiger partial charge is 0.389 e. The maximum absolute atomic E-state index is 11.5. The minimum absolute atomic E-state index is 0.0746. The van der Waals surface area contributed by atoms with Gasteiger partial charge in [0.2, 0.25) is 5.91 Å². The highest BCUT2D eigenvalue weighted by atomic mass is 16.3. The molecule has 0 radical (unpaired) electrons. The average molecular weight is 259 g/mol. The number of hydrogen-bond donors (Lipinski definition) is 3. The molecule has 0 aromatic rings. The van der Waals surface area contributed by atoms with Crippen LogP contribution in [0.5, 0.6) is 0 Å². The van der Waals surface area contributed by atoms with E-state index in [9.17, 15) is 14.7 Å². The van der Waals surface area contributed by atoms with Crippen LogP contribution in [-0.2, 0) is 4.79 Å². The van der Waals surface area contributed by atoms with Crippen LogP contribution in [-0.4, -0.2) is 54.2 Å². The van der Waals surface area contributed by atoms with Crippen molar-refractivity contribution in [1.82, 2.24) is 15.5 Å².